The van der Waals surface area contributed by atoms with Gasteiger partial charge in [0.15, 0.2) is 17.2 Å². The fraction of sp³-hybridized carbons (Fsp3) is 0.280. The van der Waals surface area contributed by atoms with Gasteiger partial charge in [0.1, 0.15) is 0 Å². The molecule has 1 aliphatic rings. The summed E-state index contributed by atoms with van der Waals surface area (Å²) in [6.45, 7) is 0.473. The van der Waals surface area contributed by atoms with Gasteiger partial charge in [-0.2, -0.15) is 0 Å². The van der Waals surface area contributed by atoms with E-state index < -0.39 is 39.2 Å². The average molecular weight is 655 g/mol. The third-order valence-corrected chi connectivity index (χ3v) is 10.2. The van der Waals surface area contributed by atoms with Crippen LogP contribution in [0.1, 0.15) is 28.1 Å². The molecule has 0 atom stereocenters. The molecule has 0 spiro atoms. The molecule has 0 bridgehead atoms. The van der Waals surface area contributed by atoms with Crippen molar-refractivity contribution in [2.45, 2.75) is 24.6 Å². The lowest BCUT2D eigenvalue weighted by Crippen LogP contribution is -2.46. The van der Waals surface area contributed by atoms with Gasteiger partial charge < -0.3 is 20.3 Å². The van der Waals surface area contributed by atoms with Gasteiger partial charge >= 0.3 is 11.9 Å². The van der Waals surface area contributed by atoms with E-state index >= 15 is 0 Å². The number of carboxylic acid groups (broad SMARTS) is 2. The summed E-state index contributed by atoms with van der Waals surface area (Å²) in [5, 5.41) is 33.1. The Morgan fingerprint density at radius 1 is 1.15 bits per heavy atom. The number of aromatic carboxylic acids is 1. The number of nitrogens with zero attached hydrogens (tertiary/aromatic N) is 2. The zero-order valence-corrected chi connectivity index (χ0v) is 24.0. The monoisotopic (exact) mass is 653 g/mol. The number of ether oxygens (including phenoxy) is 1. The van der Waals surface area contributed by atoms with Crippen molar-refractivity contribution in [1.82, 2.24) is 5.32 Å². The topological polar surface area (TPSA) is 176 Å². The van der Waals surface area contributed by atoms with Crippen molar-refractivity contribution < 1.29 is 37.9 Å². The van der Waals surface area contributed by atoms with Crippen LogP contribution in [0.2, 0.25) is 0 Å². The summed E-state index contributed by atoms with van der Waals surface area (Å²) in [4.78, 5) is 33.7. The first-order valence-electron chi connectivity index (χ1n) is 11.9. The Morgan fingerprint density at radius 2 is 1.85 bits per heavy atom. The molecule has 0 amide bonds. The standard InChI is InChI=1S/C25H24BrN3O9S2/c26-21-22(38-13-20(30)31)24(25(32)33)39-23(21)16-4-2-5-18(12-16)28(17-7-9-27-10-8-17)40(36,37)14-15-3-1-6-19(11-15)29(34)35/h1-6,11-12,17,27H,7-10,13-14H2,(H,30,31)(H,32,33). The number of halogens is 1. The van der Waals surface area contributed by atoms with Crippen molar-refractivity contribution in [3.63, 3.8) is 0 Å². The maximum atomic E-state index is 13.9. The highest BCUT2D eigenvalue weighted by Crippen LogP contribution is 2.46. The molecule has 15 heteroatoms. The Balaban J connectivity index is 1.76. The average Bonchev–Trinajstić information content (AvgIpc) is 3.24. The molecular formula is C25H24BrN3O9S2. The van der Waals surface area contributed by atoms with Crippen LogP contribution in [0.5, 0.6) is 5.75 Å². The lowest BCUT2D eigenvalue weighted by atomic mass is 10.1. The van der Waals surface area contributed by atoms with Crippen molar-refractivity contribution >= 4 is 60.6 Å². The molecule has 1 aromatic heterocycles. The molecule has 2 aromatic carbocycles. The van der Waals surface area contributed by atoms with Gasteiger partial charge in [-0.1, -0.05) is 24.3 Å². The maximum Gasteiger partial charge on any atom is 0.349 e. The number of aliphatic carboxylic acids is 1. The molecule has 4 rings (SSSR count). The van der Waals surface area contributed by atoms with Crippen LogP contribution in [0.3, 0.4) is 0 Å². The highest BCUT2D eigenvalue weighted by molar-refractivity contribution is 9.10. The van der Waals surface area contributed by atoms with Crippen LogP contribution in [-0.2, 0) is 20.6 Å². The third-order valence-electron chi connectivity index (χ3n) is 6.12. The second-order valence-electron chi connectivity index (χ2n) is 8.90. The largest absolute Gasteiger partial charge is 0.479 e. The van der Waals surface area contributed by atoms with Crippen molar-refractivity contribution in [2.75, 3.05) is 24.0 Å². The number of hydrogen-bond acceptors (Lipinski definition) is 9. The van der Waals surface area contributed by atoms with Crippen LogP contribution >= 0.6 is 27.3 Å². The lowest BCUT2D eigenvalue weighted by Gasteiger charge is -2.35. The quantitative estimate of drug-likeness (QED) is 0.199. The molecule has 0 radical (unpaired) electrons. The molecule has 12 nitrogen and oxygen atoms in total. The molecule has 2 heterocycles. The zero-order valence-electron chi connectivity index (χ0n) is 20.8. The van der Waals surface area contributed by atoms with E-state index in [2.05, 4.69) is 21.2 Å². The molecule has 1 saturated heterocycles. The minimum Gasteiger partial charge on any atom is -0.479 e. The van der Waals surface area contributed by atoms with E-state index in [9.17, 15) is 33.2 Å². The van der Waals surface area contributed by atoms with Crippen LogP contribution in [0.25, 0.3) is 10.4 Å². The first-order valence-corrected chi connectivity index (χ1v) is 15.2. The van der Waals surface area contributed by atoms with E-state index in [0.29, 0.717) is 42.1 Å². The van der Waals surface area contributed by atoms with E-state index in [-0.39, 0.29) is 32.4 Å². The Hall–Kier alpha value is -3.53. The number of nitro benzene ring substituents is 1. The smallest absolute Gasteiger partial charge is 0.349 e. The molecular weight excluding hydrogens is 630 g/mol. The fourth-order valence-corrected chi connectivity index (χ4v) is 8.18. The summed E-state index contributed by atoms with van der Waals surface area (Å²) in [6, 6.07) is 11.7. The highest BCUT2D eigenvalue weighted by Gasteiger charge is 2.33. The van der Waals surface area contributed by atoms with Crippen molar-refractivity contribution in [3.8, 4) is 16.2 Å². The summed E-state index contributed by atoms with van der Waals surface area (Å²) in [5.41, 5.74) is 0.906. The number of nitrogens with one attached hydrogen (secondary N) is 1. The van der Waals surface area contributed by atoms with E-state index in [4.69, 9.17) is 9.84 Å². The van der Waals surface area contributed by atoms with Gasteiger partial charge in [-0.25, -0.2) is 18.0 Å². The minimum atomic E-state index is -4.02. The second kappa shape index (κ2) is 12.3. The first kappa shape index (κ1) is 29.5. The normalized spacial score (nSPS) is 14.0. The van der Waals surface area contributed by atoms with Crippen molar-refractivity contribution in [2.24, 2.45) is 0 Å². The SMILES string of the molecule is O=C(O)COc1c(C(=O)O)sc(-c2cccc(N(C3CCNCC3)S(=O)(=O)Cc3cccc([N+](=O)[O-])c3)c2)c1Br. The van der Waals surface area contributed by atoms with Crippen LogP contribution in [0, 0.1) is 10.1 Å². The number of sulfonamides is 1. The molecule has 0 unspecified atom stereocenters. The predicted octanol–water partition coefficient (Wildman–Crippen LogP) is 4.34. The van der Waals surface area contributed by atoms with Gasteiger partial charge in [0, 0.05) is 18.2 Å². The number of non-ortho nitro benzene ring substituents is 1. The summed E-state index contributed by atoms with van der Waals surface area (Å²) in [7, 11) is -4.02. The Bertz CT molecular complexity index is 1550. The number of nitro groups is 1. The molecule has 40 heavy (non-hydrogen) atoms. The van der Waals surface area contributed by atoms with Crippen LogP contribution in [-0.4, -0.2) is 61.2 Å². The van der Waals surface area contributed by atoms with Gasteiger partial charge in [0.05, 0.1) is 25.7 Å². The molecule has 1 aliphatic heterocycles. The van der Waals surface area contributed by atoms with Gasteiger partial charge in [0.2, 0.25) is 10.0 Å². The number of carboxylic acids is 2. The summed E-state index contributed by atoms with van der Waals surface area (Å²) in [5.74, 6) is -3.16. The van der Waals surface area contributed by atoms with Crippen LogP contribution < -0.4 is 14.4 Å². The van der Waals surface area contributed by atoms with Crippen LogP contribution in [0.4, 0.5) is 11.4 Å². The molecule has 3 aromatic rings. The maximum absolute atomic E-state index is 13.9. The number of hydrogen-bond donors (Lipinski definition) is 3. The van der Waals surface area contributed by atoms with E-state index in [0.717, 1.165) is 11.3 Å². The number of rotatable bonds is 11. The lowest BCUT2D eigenvalue weighted by molar-refractivity contribution is -0.384. The van der Waals surface area contributed by atoms with Gasteiger partial charge in [-0.3, -0.25) is 14.4 Å². The second-order valence-corrected chi connectivity index (χ2v) is 12.6. The number of piperidine rings is 1. The van der Waals surface area contributed by atoms with Gasteiger partial charge in [-0.05, 0) is 65.1 Å². The summed E-state index contributed by atoms with van der Waals surface area (Å²) in [6.07, 6.45) is 1.08. The van der Waals surface area contributed by atoms with E-state index in [1.54, 1.807) is 24.3 Å². The van der Waals surface area contributed by atoms with Gasteiger partial charge in [0.25, 0.3) is 5.69 Å². The number of benzene rings is 2. The van der Waals surface area contributed by atoms with E-state index in [1.165, 1.54) is 28.6 Å². The van der Waals surface area contributed by atoms with E-state index in [1.807, 2.05) is 0 Å². The van der Waals surface area contributed by atoms with Crippen molar-refractivity contribution in [1.29, 1.82) is 0 Å². The number of anilines is 1. The number of carbonyl (C=O) groups is 2. The minimum absolute atomic E-state index is 0.131. The summed E-state index contributed by atoms with van der Waals surface area (Å²) >= 11 is 4.19. The Morgan fingerprint density at radius 3 is 2.50 bits per heavy atom. The third kappa shape index (κ3) is 6.60. The zero-order chi connectivity index (χ0) is 29.0. The predicted molar refractivity (Wildman–Crippen MR) is 152 cm³/mol. The molecule has 0 saturated carbocycles. The van der Waals surface area contributed by atoms with Crippen LogP contribution in [0.15, 0.2) is 53.0 Å². The molecule has 212 valence electrons. The number of thiophene rings is 1. The molecule has 0 aliphatic carbocycles. The van der Waals surface area contributed by atoms with Crippen molar-refractivity contribution in [3.05, 3.63) is 73.6 Å². The Labute approximate surface area is 241 Å². The Kier molecular flexibility index (Phi) is 9.08. The molecule has 3 N–H and O–H groups in total. The first-order chi connectivity index (χ1) is 19.0. The summed E-state index contributed by atoms with van der Waals surface area (Å²) < 4.78 is 34.6. The molecule has 1 fully saturated rings. The fourth-order valence-electron chi connectivity index (χ4n) is 4.45. The highest BCUT2D eigenvalue weighted by atomic mass is 79.9. The van der Waals surface area contributed by atoms with Gasteiger partial charge in [-0.15, -0.1) is 11.3 Å².